The third-order valence-corrected chi connectivity index (χ3v) is 4.42. The average molecular weight is 425 g/mol. The Labute approximate surface area is 166 Å². The van der Waals surface area contributed by atoms with Gasteiger partial charge in [0.15, 0.2) is 11.5 Å². The number of carbonyl (C=O) groups excluding carboxylic acids is 1. The van der Waals surface area contributed by atoms with Gasteiger partial charge in [-0.2, -0.15) is 10.1 Å². The Balaban J connectivity index is 1.90. The molecular weight excluding hydrogens is 408 g/mol. The maximum Gasteiger partial charge on any atom is 0.280 e. The van der Waals surface area contributed by atoms with Crippen molar-refractivity contribution < 1.29 is 14.3 Å². The van der Waals surface area contributed by atoms with E-state index in [1.807, 2.05) is 37.3 Å². The van der Waals surface area contributed by atoms with Crippen molar-refractivity contribution in [3.63, 3.8) is 0 Å². The average Bonchev–Trinajstić information content (AvgIpc) is 2.95. The summed E-state index contributed by atoms with van der Waals surface area (Å²) in [6.07, 6.45) is 7.01. The van der Waals surface area contributed by atoms with Crippen LogP contribution in [0.4, 0.5) is 5.69 Å². The van der Waals surface area contributed by atoms with Crippen LogP contribution in [0.25, 0.3) is 6.08 Å². The van der Waals surface area contributed by atoms with Crippen molar-refractivity contribution in [3.8, 4) is 23.8 Å². The lowest BCUT2D eigenvalue weighted by molar-refractivity contribution is -0.114. The molecule has 0 N–H and O–H groups in total. The topological polar surface area (TPSA) is 51.1 Å². The predicted molar refractivity (Wildman–Crippen MR) is 110 cm³/mol. The molecule has 3 rings (SSSR count). The van der Waals surface area contributed by atoms with Crippen LogP contribution in [0.15, 0.2) is 57.6 Å². The molecule has 6 heteroatoms. The van der Waals surface area contributed by atoms with Crippen LogP contribution in [-0.2, 0) is 4.79 Å². The van der Waals surface area contributed by atoms with E-state index in [1.54, 1.807) is 25.3 Å². The summed E-state index contributed by atoms with van der Waals surface area (Å²) >= 11 is 3.41. The fourth-order valence-corrected chi connectivity index (χ4v) is 3.03. The molecule has 0 aliphatic carbocycles. The predicted octanol–water partition coefficient (Wildman–Crippen LogP) is 4.28. The zero-order valence-corrected chi connectivity index (χ0v) is 16.5. The number of halogens is 1. The summed E-state index contributed by atoms with van der Waals surface area (Å²) < 4.78 is 11.7. The molecule has 0 radical (unpaired) electrons. The van der Waals surface area contributed by atoms with Gasteiger partial charge in [-0.05, 0) is 48.9 Å². The number of hydrogen-bond acceptors (Lipinski definition) is 4. The van der Waals surface area contributed by atoms with E-state index in [0.29, 0.717) is 28.5 Å². The van der Waals surface area contributed by atoms with E-state index in [-0.39, 0.29) is 12.5 Å². The molecule has 2 aromatic rings. The lowest BCUT2D eigenvalue weighted by Gasteiger charge is -2.12. The van der Waals surface area contributed by atoms with Crippen LogP contribution in [0.1, 0.15) is 12.5 Å². The number of anilines is 1. The van der Waals surface area contributed by atoms with Crippen molar-refractivity contribution >= 4 is 39.3 Å². The van der Waals surface area contributed by atoms with Crippen LogP contribution in [0.3, 0.4) is 0 Å². The highest BCUT2D eigenvalue weighted by Crippen LogP contribution is 2.31. The van der Waals surface area contributed by atoms with Crippen molar-refractivity contribution in [3.05, 3.63) is 58.1 Å². The summed E-state index contributed by atoms with van der Waals surface area (Å²) in [5.74, 6) is 3.33. The monoisotopic (exact) mass is 424 g/mol. The van der Waals surface area contributed by atoms with Crippen LogP contribution < -0.4 is 14.5 Å². The van der Waals surface area contributed by atoms with Crippen LogP contribution >= 0.6 is 15.9 Å². The van der Waals surface area contributed by atoms with Gasteiger partial charge in [-0.25, -0.2) is 0 Å². The van der Waals surface area contributed by atoms with Crippen LogP contribution in [0.2, 0.25) is 0 Å². The normalized spacial score (nSPS) is 14.9. The highest BCUT2D eigenvalue weighted by atomic mass is 79.9. The molecule has 136 valence electrons. The first-order valence-corrected chi connectivity index (χ1v) is 8.94. The van der Waals surface area contributed by atoms with Gasteiger partial charge in [-0.15, -0.1) is 6.42 Å². The summed E-state index contributed by atoms with van der Waals surface area (Å²) in [5, 5.41) is 5.79. The Hall–Kier alpha value is -3.04. The smallest absolute Gasteiger partial charge is 0.280 e. The largest absolute Gasteiger partial charge is 0.493 e. The third kappa shape index (κ3) is 4.04. The maximum absolute atomic E-state index is 12.8. The van der Waals surface area contributed by atoms with Crippen molar-refractivity contribution in [2.24, 2.45) is 5.10 Å². The van der Waals surface area contributed by atoms with Gasteiger partial charge < -0.3 is 9.47 Å². The van der Waals surface area contributed by atoms with Crippen molar-refractivity contribution in [1.29, 1.82) is 0 Å². The standard InChI is InChI=1S/C21H17BrN2O3/c1-4-10-27-19-9-8-15(12-20(19)26-3)11-18-14(2)23-24(21(18)25)17-7-5-6-16(22)13-17/h1,5-9,11-13H,10H2,2-3H3/b18-11+. The first-order valence-electron chi connectivity index (χ1n) is 8.15. The van der Waals surface area contributed by atoms with E-state index in [4.69, 9.17) is 15.9 Å². The number of amides is 1. The minimum Gasteiger partial charge on any atom is -0.493 e. The number of hydrazone groups is 1. The van der Waals surface area contributed by atoms with E-state index < -0.39 is 0 Å². The van der Waals surface area contributed by atoms with Crippen LogP contribution in [0.5, 0.6) is 11.5 Å². The number of benzene rings is 2. The molecule has 0 saturated carbocycles. The van der Waals surface area contributed by atoms with Gasteiger partial charge >= 0.3 is 0 Å². The molecule has 5 nitrogen and oxygen atoms in total. The lowest BCUT2D eigenvalue weighted by Crippen LogP contribution is -2.21. The van der Waals surface area contributed by atoms with Gasteiger partial charge in [0.2, 0.25) is 0 Å². The molecule has 1 heterocycles. The summed E-state index contributed by atoms with van der Waals surface area (Å²) in [5.41, 5.74) is 2.67. The Morgan fingerprint density at radius 1 is 1.26 bits per heavy atom. The molecule has 1 aliphatic rings. The molecule has 1 aliphatic heterocycles. The van der Waals surface area contributed by atoms with E-state index in [2.05, 4.69) is 27.0 Å². The zero-order valence-electron chi connectivity index (χ0n) is 14.9. The van der Waals surface area contributed by atoms with Crippen molar-refractivity contribution in [2.45, 2.75) is 6.92 Å². The van der Waals surface area contributed by atoms with Crippen LogP contribution in [-0.4, -0.2) is 25.3 Å². The van der Waals surface area contributed by atoms with Crippen LogP contribution in [0, 0.1) is 12.3 Å². The van der Waals surface area contributed by atoms with E-state index in [0.717, 1.165) is 10.0 Å². The third-order valence-electron chi connectivity index (χ3n) is 3.93. The second kappa shape index (κ2) is 8.11. The zero-order chi connectivity index (χ0) is 19.4. The van der Waals surface area contributed by atoms with Crippen molar-refractivity contribution in [1.82, 2.24) is 0 Å². The Bertz CT molecular complexity index is 989. The lowest BCUT2D eigenvalue weighted by atomic mass is 10.1. The molecule has 0 aromatic heterocycles. The van der Waals surface area contributed by atoms with E-state index >= 15 is 0 Å². The van der Waals surface area contributed by atoms with E-state index in [1.165, 1.54) is 5.01 Å². The minimum absolute atomic E-state index is 0.155. The fraction of sp³-hybridized carbons (Fsp3) is 0.143. The summed E-state index contributed by atoms with van der Waals surface area (Å²) in [7, 11) is 1.55. The molecule has 1 amide bonds. The number of nitrogens with zero attached hydrogens (tertiary/aromatic N) is 2. The highest BCUT2D eigenvalue weighted by molar-refractivity contribution is 9.10. The SMILES string of the molecule is C#CCOc1ccc(/C=C2/C(=O)N(c3cccc(Br)c3)N=C2C)cc1OC. The van der Waals surface area contributed by atoms with Gasteiger partial charge in [-0.1, -0.05) is 34.0 Å². The number of ether oxygens (including phenoxy) is 2. The van der Waals surface area contributed by atoms with E-state index in [9.17, 15) is 4.79 Å². The van der Waals surface area contributed by atoms with Gasteiger partial charge in [0.05, 0.1) is 24.1 Å². The molecule has 0 saturated heterocycles. The maximum atomic E-state index is 12.8. The number of carbonyl (C=O) groups is 1. The first kappa shape index (κ1) is 18.7. The fourth-order valence-electron chi connectivity index (χ4n) is 2.65. The minimum atomic E-state index is -0.183. The Morgan fingerprint density at radius 3 is 2.78 bits per heavy atom. The molecule has 0 atom stereocenters. The quantitative estimate of drug-likeness (QED) is 0.531. The van der Waals surface area contributed by atoms with Gasteiger partial charge in [0, 0.05) is 4.47 Å². The van der Waals surface area contributed by atoms with Gasteiger partial charge in [0.1, 0.15) is 6.61 Å². The number of rotatable bonds is 5. The molecule has 2 aromatic carbocycles. The van der Waals surface area contributed by atoms with Gasteiger partial charge in [0.25, 0.3) is 5.91 Å². The number of hydrogen-bond donors (Lipinski definition) is 0. The summed E-state index contributed by atoms with van der Waals surface area (Å²) in [4.78, 5) is 12.8. The molecule has 0 bridgehead atoms. The summed E-state index contributed by atoms with van der Waals surface area (Å²) in [6, 6.07) is 12.8. The second-order valence-corrected chi connectivity index (χ2v) is 6.66. The molecule has 27 heavy (non-hydrogen) atoms. The Kier molecular flexibility index (Phi) is 5.63. The number of terminal acetylenes is 1. The van der Waals surface area contributed by atoms with Gasteiger partial charge in [-0.3, -0.25) is 4.79 Å². The van der Waals surface area contributed by atoms with Crippen molar-refractivity contribution in [2.75, 3.05) is 18.7 Å². The highest BCUT2D eigenvalue weighted by Gasteiger charge is 2.28. The molecule has 0 spiro atoms. The summed E-state index contributed by atoms with van der Waals surface area (Å²) in [6.45, 7) is 1.96. The Morgan fingerprint density at radius 2 is 2.07 bits per heavy atom. The molecule has 0 fully saturated rings. The number of methoxy groups -OCH3 is 1. The molecule has 0 unspecified atom stereocenters. The first-order chi connectivity index (χ1) is 13.0. The molecular formula is C21H17BrN2O3. The second-order valence-electron chi connectivity index (χ2n) is 5.74.